The Hall–Kier alpha value is -2.66. The summed E-state index contributed by atoms with van der Waals surface area (Å²) in [5.41, 5.74) is 3.14. The summed E-state index contributed by atoms with van der Waals surface area (Å²) in [6.07, 6.45) is 1.89. The molecule has 0 amide bonds. The fourth-order valence-electron chi connectivity index (χ4n) is 3.10. The molecule has 5 heteroatoms. The zero-order valence-corrected chi connectivity index (χ0v) is 17.7. The minimum absolute atomic E-state index is 0.214. The van der Waals surface area contributed by atoms with E-state index in [1.54, 1.807) is 19.2 Å². The molecule has 0 unspecified atom stereocenters. The third-order valence-corrected chi connectivity index (χ3v) is 4.76. The molecule has 0 aliphatic heterocycles. The Bertz CT molecular complexity index is 809. The average molecular weight is 398 g/mol. The van der Waals surface area contributed by atoms with Crippen molar-refractivity contribution in [3.63, 3.8) is 0 Å². The fourth-order valence-corrected chi connectivity index (χ4v) is 3.10. The molecule has 0 spiro atoms. The summed E-state index contributed by atoms with van der Waals surface area (Å²) in [5.74, 6) is 0.531. The van der Waals surface area contributed by atoms with Crippen LogP contribution in [0, 0.1) is 0 Å². The molecule has 2 rings (SSSR count). The predicted octanol–water partition coefficient (Wildman–Crippen LogP) is 4.81. The minimum Gasteiger partial charge on any atom is -0.493 e. The number of hydrogen-bond donors (Lipinski definition) is 0. The SMILES string of the molecule is CCOC(=O)CC(C)(C)c1ccc(-c2ccc(C=O)cc2)c(OCCCOC)c1. The van der Waals surface area contributed by atoms with Crippen molar-refractivity contribution < 1.29 is 23.8 Å². The van der Waals surface area contributed by atoms with Crippen molar-refractivity contribution in [1.82, 2.24) is 0 Å². The largest absolute Gasteiger partial charge is 0.493 e. The first-order valence-corrected chi connectivity index (χ1v) is 9.88. The number of ether oxygens (including phenoxy) is 3. The first-order valence-electron chi connectivity index (χ1n) is 9.88. The van der Waals surface area contributed by atoms with Gasteiger partial charge >= 0.3 is 5.97 Å². The standard InChI is InChI=1S/C24H30O5/c1-5-28-23(26)16-24(2,3)20-11-12-21(19-9-7-18(17-25)8-10-19)22(15-20)29-14-6-13-27-4/h7-12,15,17H,5-6,13-14,16H2,1-4H3. The maximum absolute atomic E-state index is 12.0. The Morgan fingerprint density at radius 3 is 2.41 bits per heavy atom. The summed E-state index contributed by atoms with van der Waals surface area (Å²) < 4.78 is 16.3. The Balaban J connectivity index is 2.35. The first-order chi connectivity index (χ1) is 13.9. The van der Waals surface area contributed by atoms with Crippen LogP contribution in [0.4, 0.5) is 0 Å². The molecule has 29 heavy (non-hydrogen) atoms. The zero-order valence-electron chi connectivity index (χ0n) is 17.7. The number of aldehydes is 1. The molecule has 2 aromatic rings. The molecule has 0 aliphatic carbocycles. The average Bonchev–Trinajstić information content (AvgIpc) is 2.71. The van der Waals surface area contributed by atoms with E-state index >= 15 is 0 Å². The van der Waals surface area contributed by atoms with E-state index < -0.39 is 5.41 Å². The van der Waals surface area contributed by atoms with Crippen LogP contribution < -0.4 is 4.74 Å². The maximum Gasteiger partial charge on any atom is 0.306 e. The molecule has 0 saturated heterocycles. The van der Waals surface area contributed by atoms with Gasteiger partial charge < -0.3 is 14.2 Å². The number of hydrogen-bond acceptors (Lipinski definition) is 5. The molecule has 156 valence electrons. The van der Waals surface area contributed by atoms with E-state index in [1.165, 1.54) is 0 Å². The van der Waals surface area contributed by atoms with Gasteiger partial charge in [0, 0.05) is 36.7 Å². The van der Waals surface area contributed by atoms with E-state index in [4.69, 9.17) is 14.2 Å². The number of carbonyl (C=O) groups is 2. The van der Waals surface area contributed by atoms with Gasteiger partial charge in [0.05, 0.1) is 19.6 Å². The summed E-state index contributed by atoms with van der Waals surface area (Å²) in [5, 5.41) is 0. The van der Waals surface area contributed by atoms with Crippen molar-refractivity contribution in [3.05, 3.63) is 53.6 Å². The van der Waals surface area contributed by atoms with Gasteiger partial charge in [0.15, 0.2) is 0 Å². The van der Waals surface area contributed by atoms with Gasteiger partial charge in [0.25, 0.3) is 0 Å². The van der Waals surface area contributed by atoms with Crippen molar-refractivity contribution in [2.75, 3.05) is 26.9 Å². The Morgan fingerprint density at radius 1 is 1.07 bits per heavy atom. The van der Waals surface area contributed by atoms with Crippen LogP contribution in [-0.4, -0.2) is 39.2 Å². The van der Waals surface area contributed by atoms with Crippen LogP contribution in [0.25, 0.3) is 11.1 Å². The minimum atomic E-state index is -0.392. The van der Waals surface area contributed by atoms with Gasteiger partial charge in [0.1, 0.15) is 12.0 Å². The third kappa shape index (κ3) is 6.43. The van der Waals surface area contributed by atoms with E-state index in [1.807, 2.05) is 51.1 Å². The second-order valence-corrected chi connectivity index (χ2v) is 7.51. The van der Waals surface area contributed by atoms with Crippen molar-refractivity contribution in [1.29, 1.82) is 0 Å². The molecule has 0 aliphatic rings. The molecule has 0 atom stereocenters. The van der Waals surface area contributed by atoms with E-state index in [-0.39, 0.29) is 12.4 Å². The molecule has 0 heterocycles. The quantitative estimate of drug-likeness (QED) is 0.309. The molecule has 0 radical (unpaired) electrons. The highest BCUT2D eigenvalue weighted by atomic mass is 16.5. The van der Waals surface area contributed by atoms with Crippen molar-refractivity contribution in [2.24, 2.45) is 0 Å². The van der Waals surface area contributed by atoms with E-state index in [0.29, 0.717) is 25.4 Å². The topological polar surface area (TPSA) is 61.8 Å². The van der Waals surface area contributed by atoms with Crippen molar-refractivity contribution in [2.45, 2.75) is 39.0 Å². The lowest BCUT2D eigenvalue weighted by molar-refractivity contribution is -0.144. The summed E-state index contributed by atoms with van der Waals surface area (Å²) in [7, 11) is 1.67. The molecular weight excluding hydrogens is 368 g/mol. The van der Waals surface area contributed by atoms with Crippen LogP contribution in [0.1, 0.15) is 49.5 Å². The zero-order chi connectivity index (χ0) is 21.3. The summed E-state index contributed by atoms with van der Waals surface area (Å²) in [6.45, 7) is 7.37. The van der Waals surface area contributed by atoms with Crippen LogP contribution in [0.3, 0.4) is 0 Å². The third-order valence-electron chi connectivity index (χ3n) is 4.76. The van der Waals surface area contributed by atoms with E-state index in [0.717, 1.165) is 35.1 Å². The van der Waals surface area contributed by atoms with Crippen molar-refractivity contribution in [3.8, 4) is 16.9 Å². The maximum atomic E-state index is 12.0. The normalized spacial score (nSPS) is 11.2. The Kier molecular flexibility index (Phi) is 8.40. The molecule has 5 nitrogen and oxygen atoms in total. The summed E-state index contributed by atoms with van der Waals surface area (Å²) in [6, 6.07) is 13.4. The smallest absolute Gasteiger partial charge is 0.306 e. The van der Waals surface area contributed by atoms with Crippen LogP contribution in [0.15, 0.2) is 42.5 Å². The Labute approximate surface area is 173 Å². The number of benzene rings is 2. The van der Waals surface area contributed by atoms with Crippen LogP contribution in [0.5, 0.6) is 5.75 Å². The molecule has 0 aromatic heterocycles. The van der Waals surface area contributed by atoms with E-state index in [9.17, 15) is 9.59 Å². The summed E-state index contributed by atoms with van der Waals surface area (Å²) in [4.78, 5) is 23.0. The lowest BCUT2D eigenvalue weighted by atomic mass is 9.81. The van der Waals surface area contributed by atoms with Gasteiger partial charge in [-0.2, -0.15) is 0 Å². The monoisotopic (exact) mass is 398 g/mol. The van der Waals surface area contributed by atoms with Crippen LogP contribution in [0.2, 0.25) is 0 Å². The molecule has 0 N–H and O–H groups in total. The van der Waals surface area contributed by atoms with Crippen LogP contribution in [-0.2, 0) is 19.7 Å². The van der Waals surface area contributed by atoms with Crippen molar-refractivity contribution >= 4 is 12.3 Å². The molecule has 0 saturated carbocycles. The second kappa shape index (κ2) is 10.8. The lowest BCUT2D eigenvalue weighted by Gasteiger charge is -2.25. The highest BCUT2D eigenvalue weighted by Crippen LogP contribution is 2.36. The lowest BCUT2D eigenvalue weighted by Crippen LogP contribution is -2.23. The highest BCUT2D eigenvalue weighted by molar-refractivity contribution is 5.78. The molecular formula is C24H30O5. The number of carbonyl (C=O) groups excluding carboxylic acids is 2. The Morgan fingerprint density at radius 2 is 1.79 bits per heavy atom. The molecule has 0 fully saturated rings. The number of methoxy groups -OCH3 is 1. The van der Waals surface area contributed by atoms with Gasteiger partial charge in [-0.1, -0.05) is 50.2 Å². The second-order valence-electron chi connectivity index (χ2n) is 7.51. The predicted molar refractivity (Wildman–Crippen MR) is 114 cm³/mol. The molecule has 2 aromatic carbocycles. The van der Waals surface area contributed by atoms with Gasteiger partial charge in [-0.3, -0.25) is 9.59 Å². The number of rotatable bonds is 11. The van der Waals surface area contributed by atoms with Gasteiger partial charge in [-0.25, -0.2) is 0 Å². The van der Waals surface area contributed by atoms with Crippen LogP contribution >= 0.6 is 0 Å². The van der Waals surface area contributed by atoms with E-state index in [2.05, 4.69) is 0 Å². The number of esters is 1. The van der Waals surface area contributed by atoms with Gasteiger partial charge in [0.2, 0.25) is 0 Å². The molecule has 0 bridgehead atoms. The fraction of sp³-hybridized carbons (Fsp3) is 0.417. The van der Waals surface area contributed by atoms with Gasteiger partial charge in [-0.15, -0.1) is 0 Å². The summed E-state index contributed by atoms with van der Waals surface area (Å²) >= 11 is 0. The van der Waals surface area contributed by atoms with Gasteiger partial charge in [-0.05, 0) is 24.1 Å². The first kappa shape index (κ1) is 22.6. The highest BCUT2D eigenvalue weighted by Gasteiger charge is 2.26.